The number of nitrogens with zero attached hydrogens (tertiary/aromatic N) is 2. The van der Waals surface area contributed by atoms with Crippen LogP contribution in [0.15, 0.2) is 41.6 Å². The molecule has 8 heteroatoms. The van der Waals surface area contributed by atoms with Crippen molar-refractivity contribution in [3.05, 3.63) is 47.0 Å². The number of hydrogen-bond donors (Lipinski definition) is 1. The molecule has 18 heavy (non-hydrogen) atoms. The van der Waals surface area contributed by atoms with Gasteiger partial charge in [0, 0.05) is 12.4 Å². The second-order valence-corrected chi connectivity index (χ2v) is 5.69. The molecule has 0 atom stereocenters. The van der Waals surface area contributed by atoms with Gasteiger partial charge in [-0.1, -0.05) is 23.2 Å². The molecule has 2 rings (SSSR count). The van der Waals surface area contributed by atoms with Crippen LogP contribution in [-0.2, 0) is 10.0 Å². The second-order valence-electron chi connectivity index (χ2n) is 3.26. The Balaban J connectivity index is 2.33. The van der Waals surface area contributed by atoms with Gasteiger partial charge >= 0.3 is 0 Å². The molecule has 94 valence electrons. The van der Waals surface area contributed by atoms with E-state index in [9.17, 15) is 8.42 Å². The van der Waals surface area contributed by atoms with Crippen molar-refractivity contribution in [2.45, 2.75) is 4.90 Å². The van der Waals surface area contributed by atoms with Crippen LogP contribution in [0.1, 0.15) is 0 Å². The number of sulfonamides is 1. The first-order valence-corrected chi connectivity index (χ1v) is 6.98. The van der Waals surface area contributed by atoms with Gasteiger partial charge in [-0.25, -0.2) is 18.4 Å². The van der Waals surface area contributed by atoms with E-state index in [0.29, 0.717) is 0 Å². The maximum absolute atomic E-state index is 12.0. The van der Waals surface area contributed by atoms with Crippen LogP contribution < -0.4 is 4.72 Å². The Morgan fingerprint density at radius 1 is 1.11 bits per heavy atom. The Labute approximate surface area is 114 Å². The minimum atomic E-state index is -3.75. The molecule has 0 amide bonds. The fourth-order valence-electron chi connectivity index (χ4n) is 1.19. The summed E-state index contributed by atoms with van der Waals surface area (Å²) < 4.78 is 26.3. The van der Waals surface area contributed by atoms with E-state index in [1.807, 2.05) is 0 Å². The largest absolute Gasteiger partial charge is 0.276 e. The number of rotatable bonds is 3. The highest BCUT2D eigenvalue weighted by Gasteiger charge is 2.16. The number of hydrogen-bond acceptors (Lipinski definition) is 4. The first-order valence-electron chi connectivity index (χ1n) is 4.74. The normalized spacial score (nSPS) is 11.2. The molecule has 0 aliphatic rings. The summed E-state index contributed by atoms with van der Waals surface area (Å²) in [5.74, 6) is 0. The summed E-state index contributed by atoms with van der Waals surface area (Å²) in [5.41, 5.74) is 0.203. The Morgan fingerprint density at radius 2 is 1.89 bits per heavy atom. The third kappa shape index (κ3) is 2.90. The molecule has 0 fully saturated rings. The van der Waals surface area contributed by atoms with Crippen LogP contribution in [-0.4, -0.2) is 18.4 Å². The summed E-state index contributed by atoms with van der Waals surface area (Å²) in [6.45, 7) is 0. The van der Waals surface area contributed by atoms with Crippen molar-refractivity contribution in [1.29, 1.82) is 0 Å². The number of nitrogens with one attached hydrogen (secondary N) is 1. The summed E-state index contributed by atoms with van der Waals surface area (Å²) in [6.07, 6.45) is 2.62. The van der Waals surface area contributed by atoms with Crippen molar-refractivity contribution in [3.8, 4) is 0 Å². The van der Waals surface area contributed by atoms with E-state index in [4.69, 9.17) is 23.2 Å². The Hall–Kier alpha value is -1.37. The van der Waals surface area contributed by atoms with E-state index in [1.54, 1.807) is 6.07 Å². The maximum Gasteiger partial charge on any atom is 0.263 e. The zero-order valence-corrected chi connectivity index (χ0v) is 11.2. The van der Waals surface area contributed by atoms with Crippen LogP contribution in [0.25, 0.3) is 0 Å². The molecule has 1 N–H and O–H groups in total. The summed E-state index contributed by atoms with van der Waals surface area (Å²) in [7, 11) is -3.75. The average molecular weight is 304 g/mol. The van der Waals surface area contributed by atoms with Gasteiger partial charge in [-0.15, -0.1) is 0 Å². The highest BCUT2D eigenvalue weighted by molar-refractivity contribution is 7.92. The fourth-order valence-corrected chi connectivity index (χ4v) is 2.53. The molecule has 2 heterocycles. The van der Waals surface area contributed by atoms with Gasteiger partial charge in [0.1, 0.15) is 10.0 Å². The van der Waals surface area contributed by atoms with Crippen molar-refractivity contribution in [3.63, 3.8) is 0 Å². The highest BCUT2D eigenvalue weighted by Crippen LogP contribution is 2.21. The van der Waals surface area contributed by atoms with Gasteiger partial charge in [-0.3, -0.25) is 4.72 Å². The topological polar surface area (TPSA) is 72.0 Å². The van der Waals surface area contributed by atoms with Crippen LogP contribution >= 0.6 is 23.2 Å². The lowest BCUT2D eigenvalue weighted by Gasteiger charge is -2.08. The van der Waals surface area contributed by atoms with Gasteiger partial charge in [-0.05, 0) is 24.3 Å². The quantitative estimate of drug-likeness (QED) is 0.885. The van der Waals surface area contributed by atoms with E-state index >= 15 is 0 Å². The lowest BCUT2D eigenvalue weighted by Crippen LogP contribution is -2.13. The van der Waals surface area contributed by atoms with Crippen LogP contribution in [0, 0.1) is 0 Å². The first-order chi connectivity index (χ1) is 8.49. The molecule has 0 aliphatic heterocycles. The third-order valence-electron chi connectivity index (χ3n) is 2.01. The first kappa shape index (κ1) is 13.1. The molecular formula is C10H7Cl2N3O2S. The van der Waals surface area contributed by atoms with Crippen molar-refractivity contribution >= 4 is 38.9 Å². The van der Waals surface area contributed by atoms with E-state index in [2.05, 4.69) is 14.7 Å². The molecule has 0 saturated heterocycles. The standard InChI is InChI=1S/C10H7Cl2N3O2S/c11-9-4-3-7(6-14-9)18(16,17)15-8-2-1-5-13-10(8)12/h1-6,15H. The number of pyridine rings is 2. The van der Waals surface area contributed by atoms with Crippen LogP contribution in [0.2, 0.25) is 10.3 Å². The Kier molecular flexibility index (Phi) is 3.70. The Morgan fingerprint density at radius 3 is 2.50 bits per heavy atom. The minimum absolute atomic E-state index is 0.00757. The molecule has 0 radical (unpaired) electrons. The number of halogens is 2. The van der Waals surface area contributed by atoms with Gasteiger partial charge in [-0.2, -0.15) is 0 Å². The van der Waals surface area contributed by atoms with Crippen molar-refractivity contribution < 1.29 is 8.42 Å². The van der Waals surface area contributed by atoms with E-state index in [-0.39, 0.29) is 20.9 Å². The van der Waals surface area contributed by atoms with Crippen molar-refractivity contribution in [1.82, 2.24) is 9.97 Å². The molecule has 0 aromatic carbocycles. The fraction of sp³-hybridized carbons (Fsp3) is 0. The predicted molar refractivity (Wildman–Crippen MR) is 69.3 cm³/mol. The molecule has 0 aliphatic carbocycles. The van der Waals surface area contributed by atoms with Gasteiger partial charge in [0.05, 0.1) is 5.69 Å². The van der Waals surface area contributed by atoms with E-state index in [0.717, 1.165) is 6.20 Å². The van der Waals surface area contributed by atoms with E-state index in [1.165, 1.54) is 24.4 Å². The predicted octanol–water partition coefficient (Wildman–Crippen LogP) is 2.58. The molecule has 0 spiro atoms. The molecule has 2 aromatic heterocycles. The summed E-state index contributed by atoms with van der Waals surface area (Å²) >= 11 is 11.4. The summed E-state index contributed by atoms with van der Waals surface area (Å²) in [6, 6.07) is 5.82. The Bertz CT molecular complexity index is 659. The zero-order valence-electron chi connectivity index (χ0n) is 8.84. The number of aromatic nitrogens is 2. The van der Waals surface area contributed by atoms with Crippen molar-refractivity contribution in [2.75, 3.05) is 4.72 Å². The SMILES string of the molecule is O=S(=O)(Nc1cccnc1Cl)c1ccc(Cl)nc1. The van der Waals surface area contributed by atoms with Crippen LogP contribution in [0.5, 0.6) is 0 Å². The summed E-state index contributed by atoms with van der Waals surface area (Å²) in [5, 5.41) is 0.288. The summed E-state index contributed by atoms with van der Waals surface area (Å²) in [4.78, 5) is 7.47. The minimum Gasteiger partial charge on any atom is -0.276 e. The highest BCUT2D eigenvalue weighted by atomic mass is 35.5. The monoisotopic (exact) mass is 303 g/mol. The molecule has 0 saturated carbocycles. The lowest BCUT2D eigenvalue weighted by atomic mass is 10.4. The molecule has 2 aromatic rings. The van der Waals surface area contributed by atoms with Crippen molar-refractivity contribution in [2.24, 2.45) is 0 Å². The van der Waals surface area contributed by atoms with E-state index < -0.39 is 10.0 Å². The third-order valence-corrected chi connectivity index (χ3v) is 3.89. The lowest BCUT2D eigenvalue weighted by molar-refractivity contribution is 0.601. The second kappa shape index (κ2) is 5.09. The molecule has 5 nitrogen and oxygen atoms in total. The van der Waals surface area contributed by atoms with Crippen LogP contribution in [0.3, 0.4) is 0 Å². The van der Waals surface area contributed by atoms with Gasteiger partial charge in [0.15, 0.2) is 5.15 Å². The average Bonchev–Trinajstić information content (AvgIpc) is 2.32. The molecule has 0 unspecified atom stereocenters. The van der Waals surface area contributed by atoms with Gasteiger partial charge < -0.3 is 0 Å². The number of anilines is 1. The van der Waals surface area contributed by atoms with Crippen LogP contribution in [0.4, 0.5) is 5.69 Å². The zero-order chi connectivity index (χ0) is 13.2. The molecule has 0 bridgehead atoms. The molecular weight excluding hydrogens is 297 g/mol. The van der Waals surface area contributed by atoms with Gasteiger partial charge in [0.25, 0.3) is 10.0 Å². The maximum atomic E-state index is 12.0. The smallest absolute Gasteiger partial charge is 0.263 e. The van der Waals surface area contributed by atoms with Gasteiger partial charge in [0.2, 0.25) is 0 Å².